The highest BCUT2D eigenvalue weighted by Gasteiger charge is 2.15. The lowest BCUT2D eigenvalue weighted by Crippen LogP contribution is -2.15. The van der Waals surface area contributed by atoms with E-state index in [1.54, 1.807) is 7.11 Å². The fourth-order valence-corrected chi connectivity index (χ4v) is 2.92. The Kier molecular flexibility index (Phi) is 5.46. The summed E-state index contributed by atoms with van der Waals surface area (Å²) < 4.78 is 6.34. The zero-order chi connectivity index (χ0) is 14.5. The standard InChI is InChI=1S/C16H17BrClNO/c1-20-13-6-7-15(17)11(9-13)8-12(10-19)14-4-2-3-5-16(14)18/h2-7,9,12H,8,10,19H2,1H3. The van der Waals surface area contributed by atoms with E-state index in [1.807, 2.05) is 42.5 Å². The number of methoxy groups -OCH3 is 1. The van der Waals surface area contributed by atoms with Crippen molar-refractivity contribution in [3.05, 3.63) is 63.1 Å². The first kappa shape index (κ1) is 15.4. The highest BCUT2D eigenvalue weighted by atomic mass is 79.9. The molecule has 2 N–H and O–H groups in total. The van der Waals surface area contributed by atoms with Gasteiger partial charge in [0.2, 0.25) is 0 Å². The Morgan fingerprint density at radius 1 is 1.25 bits per heavy atom. The van der Waals surface area contributed by atoms with Crippen LogP contribution in [0.1, 0.15) is 17.0 Å². The maximum Gasteiger partial charge on any atom is 0.119 e. The molecule has 0 aliphatic heterocycles. The van der Waals surface area contributed by atoms with E-state index in [1.165, 1.54) is 5.56 Å². The largest absolute Gasteiger partial charge is 0.497 e. The third-order valence-corrected chi connectivity index (χ3v) is 4.47. The predicted octanol–water partition coefficient (Wildman–Crippen LogP) is 4.40. The monoisotopic (exact) mass is 353 g/mol. The van der Waals surface area contributed by atoms with Crippen LogP contribution in [0, 0.1) is 0 Å². The molecule has 0 aliphatic carbocycles. The van der Waals surface area contributed by atoms with Crippen molar-refractivity contribution >= 4 is 27.5 Å². The molecule has 0 saturated heterocycles. The van der Waals surface area contributed by atoms with Crippen LogP contribution in [0.5, 0.6) is 5.75 Å². The molecule has 0 saturated carbocycles. The summed E-state index contributed by atoms with van der Waals surface area (Å²) in [6.45, 7) is 0.549. The summed E-state index contributed by atoms with van der Waals surface area (Å²) >= 11 is 9.85. The van der Waals surface area contributed by atoms with Gasteiger partial charge in [0, 0.05) is 15.4 Å². The van der Waals surface area contributed by atoms with Gasteiger partial charge in [0.25, 0.3) is 0 Å². The zero-order valence-electron chi connectivity index (χ0n) is 11.3. The van der Waals surface area contributed by atoms with Crippen molar-refractivity contribution in [1.82, 2.24) is 0 Å². The van der Waals surface area contributed by atoms with Crippen molar-refractivity contribution in [3.63, 3.8) is 0 Å². The van der Waals surface area contributed by atoms with Gasteiger partial charge in [-0.3, -0.25) is 0 Å². The van der Waals surface area contributed by atoms with Gasteiger partial charge in [-0.1, -0.05) is 45.7 Å². The molecule has 0 fully saturated rings. The smallest absolute Gasteiger partial charge is 0.119 e. The lowest BCUT2D eigenvalue weighted by Gasteiger charge is -2.18. The normalized spacial score (nSPS) is 12.2. The number of hydrogen-bond donors (Lipinski definition) is 1. The van der Waals surface area contributed by atoms with Crippen molar-refractivity contribution < 1.29 is 4.74 Å². The van der Waals surface area contributed by atoms with E-state index in [4.69, 9.17) is 22.1 Å². The average Bonchev–Trinajstić information content (AvgIpc) is 2.47. The van der Waals surface area contributed by atoms with Crippen LogP contribution in [0.25, 0.3) is 0 Å². The highest BCUT2D eigenvalue weighted by molar-refractivity contribution is 9.10. The molecule has 0 aliphatic rings. The lowest BCUT2D eigenvalue weighted by atomic mass is 9.92. The summed E-state index contributed by atoms with van der Waals surface area (Å²) in [6, 6.07) is 13.8. The van der Waals surface area contributed by atoms with Crippen LogP contribution in [0.15, 0.2) is 46.9 Å². The number of halogens is 2. The van der Waals surface area contributed by atoms with E-state index in [0.717, 1.165) is 27.2 Å². The van der Waals surface area contributed by atoms with E-state index < -0.39 is 0 Å². The van der Waals surface area contributed by atoms with Crippen molar-refractivity contribution in [2.45, 2.75) is 12.3 Å². The molecule has 1 unspecified atom stereocenters. The minimum Gasteiger partial charge on any atom is -0.497 e. The van der Waals surface area contributed by atoms with Gasteiger partial charge in [-0.2, -0.15) is 0 Å². The lowest BCUT2D eigenvalue weighted by molar-refractivity contribution is 0.414. The van der Waals surface area contributed by atoms with Gasteiger partial charge in [0.1, 0.15) is 5.75 Å². The number of rotatable bonds is 5. The molecule has 0 heterocycles. The van der Waals surface area contributed by atoms with Crippen LogP contribution in [0.3, 0.4) is 0 Å². The molecular formula is C16H17BrClNO. The van der Waals surface area contributed by atoms with Gasteiger partial charge in [-0.05, 0) is 48.4 Å². The first-order valence-electron chi connectivity index (χ1n) is 6.42. The number of benzene rings is 2. The number of nitrogens with two attached hydrogens (primary N) is 1. The Labute approximate surface area is 133 Å². The van der Waals surface area contributed by atoms with Gasteiger partial charge in [0.05, 0.1) is 7.11 Å². The Morgan fingerprint density at radius 3 is 2.65 bits per heavy atom. The van der Waals surface area contributed by atoms with Gasteiger partial charge in [-0.25, -0.2) is 0 Å². The quantitative estimate of drug-likeness (QED) is 0.864. The summed E-state index contributed by atoms with van der Waals surface area (Å²) in [6.07, 6.45) is 0.817. The topological polar surface area (TPSA) is 35.2 Å². The van der Waals surface area contributed by atoms with E-state index >= 15 is 0 Å². The highest BCUT2D eigenvalue weighted by Crippen LogP contribution is 2.31. The predicted molar refractivity (Wildman–Crippen MR) is 87.6 cm³/mol. The Morgan fingerprint density at radius 2 is 2.00 bits per heavy atom. The second-order valence-corrected chi connectivity index (χ2v) is 5.88. The molecule has 20 heavy (non-hydrogen) atoms. The minimum atomic E-state index is 0.187. The Balaban J connectivity index is 2.29. The molecule has 2 aromatic rings. The molecule has 0 spiro atoms. The maximum atomic E-state index is 6.27. The van der Waals surface area contributed by atoms with Crippen molar-refractivity contribution in [1.29, 1.82) is 0 Å². The number of hydrogen-bond acceptors (Lipinski definition) is 2. The molecule has 0 aromatic heterocycles. The van der Waals surface area contributed by atoms with Crippen molar-refractivity contribution in [3.8, 4) is 5.75 Å². The molecule has 0 radical (unpaired) electrons. The minimum absolute atomic E-state index is 0.187. The molecule has 1 atom stereocenters. The fraction of sp³-hybridized carbons (Fsp3) is 0.250. The fourth-order valence-electron chi connectivity index (χ4n) is 2.23. The maximum absolute atomic E-state index is 6.27. The molecule has 4 heteroatoms. The van der Waals surface area contributed by atoms with Gasteiger partial charge >= 0.3 is 0 Å². The Bertz CT molecular complexity index is 588. The summed E-state index contributed by atoms with van der Waals surface area (Å²) in [4.78, 5) is 0. The van der Waals surface area contributed by atoms with E-state index in [9.17, 15) is 0 Å². The second kappa shape index (κ2) is 7.11. The van der Waals surface area contributed by atoms with Crippen LogP contribution in [-0.2, 0) is 6.42 Å². The van der Waals surface area contributed by atoms with Crippen LogP contribution < -0.4 is 10.5 Å². The first-order valence-corrected chi connectivity index (χ1v) is 7.59. The zero-order valence-corrected chi connectivity index (χ0v) is 13.6. The van der Waals surface area contributed by atoms with E-state index in [0.29, 0.717) is 6.54 Å². The van der Waals surface area contributed by atoms with Crippen LogP contribution in [0.4, 0.5) is 0 Å². The van der Waals surface area contributed by atoms with Crippen molar-refractivity contribution in [2.24, 2.45) is 5.73 Å². The van der Waals surface area contributed by atoms with E-state index in [2.05, 4.69) is 15.9 Å². The third-order valence-electron chi connectivity index (χ3n) is 3.35. The average molecular weight is 355 g/mol. The van der Waals surface area contributed by atoms with Gasteiger partial charge in [0.15, 0.2) is 0 Å². The molecule has 106 valence electrons. The molecule has 0 bridgehead atoms. The first-order chi connectivity index (χ1) is 9.65. The molecule has 2 aromatic carbocycles. The summed E-state index contributed by atoms with van der Waals surface area (Å²) in [7, 11) is 1.67. The molecular weight excluding hydrogens is 338 g/mol. The van der Waals surface area contributed by atoms with Gasteiger partial charge < -0.3 is 10.5 Å². The number of ether oxygens (including phenoxy) is 1. The molecule has 2 rings (SSSR count). The van der Waals surface area contributed by atoms with Crippen LogP contribution >= 0.6 is 27.5 Å². The van der Waals surface area contributed by atoms with E-state index in [-0.39, 0.29) is 5.92 Å². The molecule has 0 amide bonds. The van der Waals surface area contributed by atoms with Gasteiger partial charge in [-0.15, -0.1) is 0 Å². The van der Waals surface area contributed by atoms with Crippen LogP contribution in [-0.4, -0.2) is 13.7 Å². The summed E-state index contributed by atoms with van der Waals surface area (Å²) in [5, 5.41) is 0.766. The third kappa shape index (κ3) is 3.54. The summed E-state index contributed by atoms with van der Waals surface area (Å²) in [5.41, 5.74) is 8.19. The second-order valence-electron chi connectivity index (χ2n) is 4.62. The van der Waals surface area contributed by atoms with Crippen molar-refractivity contribution in [2.75, 3.05) is 13.7 Å². The Hall–Kier alpha value is -1.03. The SMILES string of the molecule is COc1ccc(Br)c(CC(CN)c2ccccc2Cl)c1. The summed E-state index contributed by atoms with van der Waals surface area (Å²) in [5.74, 6) is 1.03. The van der Waals surface area contributed by atoms with Crippen LogP contribution in [0.2, 0.25) is 5.02 Å². The molecule has 2 nitrogen and oxygen atoms in total.